The number of nitrogens with one attached hydrogen (secondary N) is 2. The Morgan fingerprint density at radius 3 is 2.72 bits per heavy atom. The number of hydrogen-bond donors (Lipinski definition) is 3. The Morgan fingerprint density at radius 2 is 1.94 bits per heavy atom. The predicted octanol–water partition coefficient (Wildman–Crippen LogP) is 3.13. The Hall–Kier alpha value is -3.13. The Bertz CT molecular complexity index is 1080. The lowest BCUT2D eigenvalue weighted by atomic mass is 9.82. The number of hydrogen-bond acceptors (Lipinski definition) is 6. The van der Waals surface area contributed by atoms with Crippen molar-refractivity contribution in [3.05, 3.63) is 42.7 Å². The van der Waals surface area contributed by atoms with Gasteiger partial charge in [0.2, 0.25) is 5.95 Å². The summed E-state index contributed by atoms with van der Waals surface area (Å²) in [6.07, 6.45) is 7.25. The summed E-state index contributed by atoms with van der Waals surface area (Å²) in [6.45, 7) is 4.82. The molecule has 168 valence electrons. The van der Waals surface area contributed by atoms with Gasteiger partial charge in [0.1, 0.15) is 5.82 Å². The van der Waals surface area contributed by atoms with Gasteiger partial charge >= 0.3 is 5.97 Å². The fourth-order valence-electron chi connectivity index (χ4n) is 4.95. The zero-order valence-electron chi connectivity index (χ0n) is 18.2. The number of piperazine rings is 1. The van der Waals surface area contributed by atoms with Gasteiger partial charge in [0.05, 0.1) is 11.4 Å². The minimum absolute atomic E-state index is 0.182. The molecule has 1 saturated carbocycles. The Kier molecular flexibility index (Phi) is 5.94. The van der Waals surface area contributed by atoms with E-state index in [9.17, 15) is 9.90 Å². The third kappa shape index (κ3) is 4.27. The zero-order chi connectivity index (χ0) is 21.9. The van der Waals surface area contributed by atoms with Crippen molar-refractivity contribution in [1.82, 2.24) is 19.9 Å². The maximum absolute atomic E-state index is 11.2. The maximum atomic E-state index is 11.2. The Labute approximate surface area is 187 Å². The van der Waals surface area contributed by atoms with E-state index >= 15 is 0 Å². The number of aromatic nitrogens is 3. The van der Waals surface area contributed by atoms with Crippen LogP contribution in [0.1, 0.15) is 25.7 Å². The lowest BCUT2D eigenvalue weighted by Gasteiger charge is -2.30. The molecule has 1 aliphatic heterocycles. The Morgan fingerprint density at radius 1 is 1.12 bits per heavy atom. The number of benzene rings is 1. The molecular weight excluding hydrogens is 404 g/mol. The molecular formula is C24H30N6O2. The van der Waals surface area contributed by atoms with Gasteiger partial charge in [0, 0.05) is 56.2 Å². The fraction of sp³-hybridized carbons (Fsp3) is 0.458. The molecule has 0 bridgehead atoms. The monoisotopic (exact) mass is 434 g/mol. The van der Waals surface area contributed by atoms with Gasteiger partial charge in [0.25, 0.3) is 0 Å². The molecule has 32 heavy (non-hydrogen) atoms. The first-order valence-electron chi connectivity index (χ1n) is 11.5. The quantitative estimate of drug-likeness (QED) is 0.549. The molecule has 0 spiro atoms. The molecule has 2 aliphatic rings. The minimum Gasteiger partial charge on any atom is -0.481 e. The molecule has 2 fully saturated rings. The summed E-state index contributed by atoms with van der Waals surface area (Å²) < 4.78 is 2.12. The number of carbonyl (C=O) groups is 1. The van der Waals surface area contributed by atoms with Gasteiger partial charge in [0.15, 0.2) is 0 Å². The molecule has 5 rings (SSSR count). The van der Waals surface area contributed by atoms with E-state index in [0.29, 0.717) is 11.9 Å². The highest BCUT2D eigenvalue weighted by Gasteiger charge is 2.25. The van der Waals surface area contributed by atoms with Crippen LogP contribution in [0.5, 0.6) is 0 Å². The molecule has 3 N–H and O–H groups in total. The topological polar surface area (TPSA) is 95.3 Å². The third-order valence-electron chi connectivity index (χ3n) is 6.80. The summed E-state index contributed by atoms with van der Waals surface area (Å²) in [7, 11) is 0. The summed E-state index contributed by atoms with van der Waals surface area (Å²) in [5.74, 6) is 1.07. The van der Waals surface area contributed by atoms with E-state index in [1.165, 1.54) is 11.1 Å². The van der Waals surface area contributed by atoms with Crippen LogP contribution in [-0.4, -0.2) is 58.3 Å². The van der Waals surface area contributed by atoms with Crippen molar-refractivity contribution in [3.63, 3.8) is 0 Å². The molecule has 2 aromatic heterocycles. The molecule has 0 radical (unpaired) electrons. The van der Waals surface area contributed by atoms with Crippen molar-refractivity contribution < 1.29 is 9.90 Å². The first-order chi connectivity index (χ1) is 15.7. The standard InChI is InChI=1S/C24H30N6O2/c31-23(32)18-6-4-17(5-7-18)16-27-24-26-10-8-22(28-24)30-13-9-19-20(2-1-3-21(19)30)29-14-11-25-12-15-29/h1-3,8-10,13,17-18,25H,4-7,11-12,14-16H2,(H,31,32)(H,26,27,28). The van der Waals surface area contributed by atoms with Gasteiger partial charge in [-0.1, -0.05) is 6.07 Å². The number of rotatable bonds is 6. The summed E-state index contributed by atoms with van der Waals surface area (Å²) in [6, 6.07) is 10.5. The number of carboxylic acid groups (broad SMARTS) is 1. The van der Waals surface area contributed by atoms with E-state index in [1.807, 2.05) is 6.07 Å². The van der Waals surface area contributed by atoms with Crippen LogP contribution in [0.3, 0.4) is 0 Å². The van der Waals surface area contributed by atoms with Crippen molar-refractivity contribution in [3.8, 4) is 5.82 Å². The normalized spacial score (nSPS) is 21.6. The van der Waals surface area contributed by atoms with E-state index in [-0.39, 0.29) is 5.92 Å². The van der Waals surface area contributed by atoms with Gasteiger partial charge in [-0.3, -0.25) is 4.79 Å². The first-order valence-corrected chi connectivity index (χ1v) is 11.5. The van der Waals surface area contributed by atoms with Gasteiger partial charge < -0.3 is 25.2 Å². The van der Waals surface area contributed by atoms with Crippen LogP contribution in [0.15, 0.2) is 42.7 Å². The second-order valence-electron chi connectivity index (χ2n) is 8.81. The van der Waals surface area contributed by atoms with E-state index in [1.54, 1.807) is 6.20 Å². The van der Waals surface area contributed by atoms with Gasteiger partial charge in [-0.2, -0.15) is 4.98 Å². The number of nitrogens with zero attached hydrogens (tertiary/aromatic N) is 4. The molecule has 8 nitrogen and oxygen atoms in total. The van der Waals surface area contributed by atoms with E-state index in [2.05, 4.69) is 55.5 Å². The molecule has 8 heteroatoms. The largest absolute Gasteiger partial charge is 0.481 e. The van der Waals surface area contributed by atoms with Crippen LogP contribution in [0.25, 0.3) is 16.7 Å². The number of aliphatic carboxylic acids is 1. The predicted molar refractivity (Wildman–Crippen MR) is 126 cm³/mol. The molecule has 3 heterocycles. The van der Waals surface area contributed by atoms with Crippen molar-refractivity contribution in [2.45, 2.75) is 25.7 Å². The lowest BCUT2D eigenvalue weighted by Crippen LogP contribution is -2.43. The number of fused-ring (bicyclic) bond motifs is 1. The molecule has 1 saturated heterocycles. The van der Waals surface area contributed by atoms with Crippen LogP contribution >= 0.6 is 0 Å². The van der Waals surface area contributed by atoms with Crippen LogP contribution in [0.4, 0.5) is 11.6 Å². The van der Waals surface area contributed by atoms with Crippen LogP contribution in [0, 0.1) is 11.8 Å². The Balaban J connectivity index is 1.31. The van der Waals surface area contributed by atoms with Crippen LogP contribution in [-0.2, 0) is 4.79 Å². The van der Waals surface area contributed by atoms with Crippen molar-refractivity contribution in [2.75, 3.05) is 42.9 Å². The van der Waals surface area contributed by atoms with E-state index < -0.39 is 5.97 Å². The summed E-state index contributed by atoms with van der Waals surface area (Å²) in [4.78, 5) is 22.8. The lowest BCUT2D eigenvalue weighted by molar-refractivity contribution is -0.143. The molecule has 1 aromatic carbocycles. The van der Waals surface area contributed by atoms with Gasteiger partial charge in [-0.15, -0.1) is 0 Å². The minimum atomic E-state index is -0.661. The smallest absolute Gasteiger partial charge is 0.306 e. The first kappa shape index (κ1) is 20.8. The average molecular weight is 435 g/mol. The van der Waals surface area contributed by atoms with Crippen LogP contribution < -0.4 is 15.5 Å². The molecule has 0 unspecified atom stereocenters. The molecule has 0 amide bonds. The zero-order valence-corrected chi connectivity index (χ0v) is 18.2. The number of carboxylic acids is 1. The van der Waals surface area contributed by atoms with Crippen molar-refractivity contribution >= 4 is 28.5 Å². The van der Waals surface area contributed by atoms with Crippen molar-refractivity contribution in [1.29, 1.82) is 0 Å². The van der Waals surface area contributed by atoms with Crippen molar-refractivity contribution in [2.24, 2.45) is 11.8 Å². The summed E-state index contributed by atoms with van der Waals surface area (Å²) in [5.41, 5.74) is 2.41. The number of anilines is 2. The molecule has 3 aromatic rings. The molecule has 1 aliphatic carbocycles. The highest BCUT2D eigenvalue weighted by molar-refractivity contribution is 5.94. The average Bonchev–Trinajstić information content (AvgIpc) is 3.28. The van der Waals surface area contributed by atoms with E-state index in [4.69, 9.17) is 4.98 Å². The summed E-state index contributed by atoms with van der Waals surface area (Å²) >= 11 is 0. The highest BCUT2D eigenvalue weighted by Crippen LogP contribution is 2.30. The second-order valence-corrected chi connectivity index (χ2v) is 8.81. The third-order valence-corrected chi connectivity index (χ3v) is 6.80. The summed E-state index contributed by atoms with van der Waals surface area (Å²) in [5, 5.41) is 17.2. The van der Waals surface area contributed by atoms with E-state index in [0.717, 1.165) is 69.7 Å². The second kappa shape index (κ2) is 9.16. The van der Waals surface area contributed by atoms with Gasteiger partial charge in [-0.05, 0) is 55.9 Å². The van der Waals surface area contributed by atoms with Crippen LogP contribution in [0.2, 0.25) is 0 Å². The van der Waals surface area contributed by atoms with Gasteiger partial charge in [-0.25, -0.2) is 4.98 Å². The highest BCUT2D eigenvalue weighted by atomic mass is 16.4. The fourth-order valence-corrected chi connectivity index (χ4v) is 4.95. The maximum Gasteiger partial charge on any atom is 0.306 e. The molecule has 0 atom stereocenters. The SMILES string of the molecule is O=C(O)C1CCC(CNc2nccc(-n3ccc4c(N5CCNCC5)cccc43)n2)CC1.